The van der Waals surface area contributed by atoms with Gasteiger partial charge in [0.05, 0.1) is 6.61 Å². The molecule has 0 radical (unpaired) electrons. The van der Waals surface area contributed by atoms with Crippen molar-refractivity contribution >= 4 is 6.09 Å². The number of rotatable bonds is 8. The smallest absolute Gasteiger partial charge is 0.404 e. The van der Waals surface area contributed by atoms with Crippen molar-refractivity contribution in [2.24, 2.45) is 22.5 Å². The molecule has 1 aliphatic heterocycles. The first-order chi connectivity index (χ1) is 14.8. The van der Waals surface area contributed by atoms with Crippen molar-refractivity contribution in [3.63, 3.8) is 0 Å². The second-order valence-corrected chi connectivity index (χ2v) is 10.8. The Morgan fingerprint density at radius 3 is 2.23 bits per heavy atom. The lowest BCUT2D eigenvalue weighted by atomic mass is 9.57. The van der Waals surface area contributed by atoms with E-state index >= 15 is 0 Å². The Bertz CT molecular complexity index is 672. The van der Waals surface area contributed by atoms with Gasteiger partial charge < -0.3 is 15.4 Å². The average Bonchev–Trinajstić information content (AvgIpc) is 2.73. The van der Waals surface area contributed by atoms with Crippen LogP contribution in [-0.4, -0.2) is 55.2 Å². The van der Waals surface area contributed by atoms with Crippen LogP contribution in [0, 0.1) is 16.7 Å². The summed E-state index contributed by atoms with van der Waals surface area (Å²) in [5, 5.41) is 0. The van der Waals surface area contributed by atoms with E-state index in [1.807, 2.05) is 0 Å². The summed E-state index contributed by atoms with van der Waals surface area (Å²) in [6, 6.07) is 10.8. The second-order valence-electron chi connectivity index (χ2n) is 10.8. The number of nitrogens with zero attached hydrogens (tertiary/aromatic N) is 2. The molecule has 1 unspecified atom stereocenters. The van der Waals surface area contributed by atoms with E-state index in [-0.39, 0.29) is 5.41 Å². The molecule has 1 aromatic rings. The molecule has 2 aliphatic rings. The summed E-state index contributed by atoms with van der Waals surface area (Å²) in [4.78, 5) is 16.4. The van der Waals surface area contributed by atoms with Crippen molar-refractivity contribution in [2.45, 2.75) is 65.8 Å². The molecule has 1 aliphatic carbocycles. The van der Waals surface area contributed by atoms with Crippen LogP contribution >= 0.6 is 0 Å². The highest BCUT2D eigenvalue weighted by atomic mass is 16.5. The minimum atomic E-state index is -0.653. The van der Waals surface area contributed by atoms with E-state index in [9.17, 15) is 4.79 Å². The molecule has 1 aromatic carbocycles. The number of benzene rings is 1. The largest absolute Gasteiger partial charge is 0.450 e. The van der Waals surface area contributed by atoms with Gasteiger partial charge in [-0.25, -0.2) is 4.79 Å². The summed E-state index contributed by atoms with van der Waals surface area (Å²) in [6.45, 7) is 14.3. The van der Waals surface area contributed by atoms with Gasteiger partial charge in [0, 0.05) is 39.3 Å². The minimum Gasteiger partial charge on any atom is -0.450 e. The van der Waals surface area contributed by atoms with Crippen molar-refractivity contribution in [1.82, 2.24) is 9.80 Å². The standard InChI is InChI=1S/C26H43N3O2/c1-25(2,3)23(12-19-31-24(27)30)26(13-8-5-9-14-26)21-29-17-15-28(16-18-29)20-22-10-6-4-7-11-22/h4,6-7,10-11,23H,5,8-9,12-21H2,1-3H3,(H2,27,30). The summed E-state index contributed by atoms with van der Waals surface area (Å²) in [7, 11) is 0. The monoisotopic (exact) mass is 429 g/mol. The molecule has 174 valence electrons. The maximum atomic E-state index is 11.2. The van der Waals surface area contributed by atoms with E-state index in [1.54, 1.807) is 0 Å². The lowest BCUT2D eigenvalue weighted by molar-refractivity contribution is -0.0338. The van der Waals surface area contributed by atoms with Crippen LogP contribution in [-0.2, 0) is 11.3 Å². The van der Waals surface area contributed by atoms with Gasteiger partial charge in [0.25, 0.3) is 0 Å². The number of primary amides is 1. The van der Waals surface area contributed by atoms with Crippen molar-refractivity contribution < 1.29 is 9.53 Å². The van der Waals surface area contributed by atoms with Gasteiger partial charge in [0.1, 0.15) is 0 Å². The minimum absolute atomic E-state index is 0.174. The maximum absolute atomic E-state index is 11.2. The molecule has 1 saturated heterocycles. The number of hydrogen-bond acceptors (Lipinski definition) is 4. The molecule has 0 spiro atoms. The third-order valence-corrected chi connectivity index (χ3v) is 7.54. The fraction of sp³-hybridized carbons (Fsp3) is 0.731. The normalized spacial score (nSPS) is 21.5. The first-order valence-electron chi connectivity index (χ1n) is 12.2. The predicted octanol–water partition coefficient (Wildman–Crippen LogP) is 4.90. The summed E-state index contributed by atoms with van der Waals surface area (Å²) < 4.78 is 5.18. The highest BCUT2D eigenvalue weighted by Crippen LogP contribution is 2.51. The molecule has 1 heterocycles. The van der Waals surface area contributed by atoms with Gasteiger partial charge in [0.15, 0.2) is 0 Å². The molecule has 2 fully saturated rings. The molecule has 5 heteroatoms. The maximum Gasteiger partial charge on any atom is 0.404 e. The van der Waals surface area contributed by atoms with E-state index in [0.29, 0.717) is 17.9 Å². The number of piperazine rings is 1. The number of hydrogen-bond donors (Lipinski definition) is 1. The lowest BCUT2D eigenvalue weighted by Crippen LogP contribution is -2.53. The van der Waals surface area contributed by atoms with Gasteiger partial charge in [-0.05, 0) is 41.6 Å². The summed E-state index contributed by atoms with van der Waals surface area (Å²) in [6.07, 6.45) is 6.81. The Morgan fingerprint density at radius 2 is 1.65 bits per heavy atom. The van der Waals surface area contributed by atoms with Gasteiger partial charge in [-0.2, -0.15) is 0 Å². The van der Waals surface area contributed by atoms with E-state index < -0.39 is 6.09 Å². The van der Waals surface area contributed by atoms with Gasteiger partial charge in [-0.15, -0.1) is 0 Å². The van der Waals surface area contributed by atoms with E-state index in [4.69, 9.17) is 10.5 Å². The first kappa shape index (κ1) is 24.1. The van der Waals surface area contributed by atoms with Gasteiger partial charge in [-0.3, -0.25) is 4.90 Å². The summed E-state index contributed by atoms with van der Waals surface area (Å²) in [5.74, 6) is 0.516. The van der Waals surface area contributed by atoms with Crippen LogP contribution in [0.25, 0.3) is 0 Å². The first-order valence-corrected chi connectivity index (χ1v) is 12.2. The van der Waals surface area contributed by atoms with E-state index in [2.05, 4.69) is 60.9 Å². The zero-order chi connectivity index (χ0) is 22.3. The molecule has 1 amide bonds. The SMILES string of the molecule is CC(C)(C)C(CCOC(N)=O)C1(CN2CCN(Cc3ccccc3)CC2)CCCCC1. The third kappa shape index (κ3) is 6.95. The zero-order valence-electron chi connectivity index (χ0n) is 19.9. The van der Waals surface area contributed by atoms with E-state index in [1.165, 1.54) is 44.2 Å². The second kappa shape index (κ2) is 10.8. The quantitative estimate of drug-likeness (QED) is 0.638. The van der Waals surface area contributed by atoms with E-state index in [0.717, 1.165) is 39.1 Å². The van der Waals surface area contributed by atoms with Gasteiger partial charge in [-0.1, -0.05) is 70.4 Å². The molecule has 2 N–H and O–H groups in total. The third-order valence-electron chi connectivity index (χ3n) is 7.54. The Balaban J connectivity index is 1.63. The molecule has 0 bridgehead atoms. The lowest BCUT2D eigenvalue weighted by Gasteiger charge is -2.52. The van der Waals surface area contributed by atoms with Crippen molar-refractivity contribution in [3.05, 3.63) is 35.9 Å². The van der Waals surface area contributed by atoms with Crippen molar-refractivity contribution in [2.75, 3.05) is 39.3 Å². The molecule has 0 aromatic heterocycles. The number of amides is 1. The number of carbonyl (C=O) groups is 1. The molecule has 5 nitrogen and oxygen atoms in total. The summed E-state index contributed by atoms with van der Waals surface area (Å²) >= 11 is 0. The highest BCUT2D eigenvalue weighted by molar-refractivity contribution is 5.64. The Morgan fingerprint density at radius 1 is 1.03 bits per heavy atom. The molecule has 31 heavy (non-hydrogen) atoms. The molecular formula is C26H43N3O2. The summed E-state index contributed by atoms with van der Waals surface area (Å²) in [5.41, 5.74) is 7.13. The Labute approximate surface area is 189 Å². The molecule has 3 rings (SSSR count). The average molecular weight is 430 g/mol. The van der Waals surface area contributed by atoms with Crippen LogP contribution in [0.15, 0.2) is 30.3 Å². The Hall–Kier alpha value is -1.59. The van der Waals surface area contributed by atoms with Gasteiger partial charge in [0.2, 0.25) is 0 Å². The zero-order valence-corrected chi connectivity index (χ0v) is 19.9. The number of carbonyl (C=O) groups excluding carboxylic acids is 1. The van der Waals surface area contributed by atoms with Crippen LogP contribution in [0.3, 0.4) is 0 Å². The van der Waals surface area contributed by atoms with Gasteiger partial charge >= 0.3 is 6.09 Å². The fourth-order valence-corrected chi connectivity index (χ4v) is 6.20. The molecule has 1 saturated carbocycles. The fourth-order valence-electron chi connectivity index (χ4n) is 6.20. The predicted molar refractivity (Wildman–Crippen MR) is 127 cm³/mol. The highest BCUT2D eigenvalue weighted by Gasteiger charge is 2.46. The van der Waals surface area contributed by atoms with Crippen LogP contribution in [0.5, 0.6) is 0 Å². The van der Waals surface area contributed by atoms with Crippen molar-refractivity contribution in [3.8, 4) is 0 Å². The van der Waals surface area contributed by atoms with Crippen molar-refractivity contribution in [1.29, 1.82) is 0 Å². The van der Waals surface area contributed by atoms with Crippen LogP contribution in [0.1, 0.15) is 64.9 Å². The van der Waals surface area contributed by atoms with Crippen LogP contribution in [0.2, 0.25) is 0 Å². The Kier molecular flexibility index (Phi) is 8.40. The molecular weight excluding hydrogens is 386 g/mol. The molecule has 1 atom stereocenters. The van der Waals surface area contributed by atoms with Crippen LogP contribution < -0.4 is 5.73 Å². The number of ether oxygens (including phenoxy) is 1. The number of nitrogens with two attached hydrogens (primary N) is 1. The van der Waals surface area contributed by atoms with Crippen LogP contribution in [0.4, 0.5) is 4.79 Å². The topological polar surface area (TPSA) is 58.8 Å².